The zero-order valence-corrected chi connectivity index (χ0v) is 8.56. The van der Waals surface area contributed by atoms with E-state index in [0.29, 0.717) is 17.2 Å². The average molecular weight is 218 g/mol. The minimum atomic E-state index is -0.361. The van der Waals surface area contributed by atoms with E-state index in [1.165, 1.54) is 6.20 Å². The van der Waals surface area contributed by atoms with Crippen LogP contribution in [0.3, 0.4) is 0 Å². The minimum absolute atomic E-state index is 0.361. The van der Waals surface area contributed by atoms with E-state index in [4.69, 9.17) is 0 Å². The molecule has 16 heavy (non-hydrogen) atoms. The van der Waals surface area contributed by atoms with Crippen molar-refractivity contribution in [1.82, 2.24) is 20.4 Å². The maximum absolute atomic E-state index is 11.5. The molecule has 2 amide bonds. The number of anilines is 2. The van der Waals surface area contributed by atoms with Crippen LogP contribution in [0.25, 0.3) is 0 Å². The van der Waals surface area contributed by atoms with Crippen molar-refractivity contribution in [3.8, 4) is 0 Å². The molecule has 0 aliphatic heterocycles. The quantitative estimate of drug-likeness (QED) is 0.704. The number of nitrogens with one attached hydrogen (secondary N) is 3. The van der Waals surface area contributed by atoms with Crippen molar-refractivity contribution in [2.24, 2.45) is 0 Å². The van der Waals surface area contributed by atoms with Crippen LogP contribution in [0.1, 0.15) is 5.69 Å². The van der Waals surface area contributed by atoms with Gasteiger partial charge in [0, 0.05) is 6.07 Å². The maximum atomic E-state index is 11.5. The number of aromatic amines is 1. The first-order valence-electron chi connectivity index (χ1n) is 4.61. The molecule has 2 aromatic heterocycles. The van der Waals surface area contributed by atoms with Gasteiger partial charge in [-0.15, -0.1) is 0 Å². The van der Waals surface area contributed by atoms with Crippen LogP contribution < -0.4 is 10.6 Å². The monoisotopic (exact) mass is 218 g/mol. The number of amides is 2. The van der Waals surface area contributed by atoms with Crippen molar-refractivity contribution in [3.63, 3.8) is 0 Å². The number of hydrogen-bond donors (Lipinski definition) is 3. The molecule has 0 radical (unpaired) electrons. The Morgan fingerprint density at radius 2 is 2.19 bits per heavy atom. The Bertz CT molecular complexity index is 481. The predicted molar refractivity (Wildman–Crippen MR) is 58.0 cm³/mol. The van der Waals surface area contributed by atoms with E-state index in [9.17, 15) is 4.79 Å². The predicted octanol–water partition coefficient (Wildman–Crippen LogP) is 1.15. The van der Waals surface area contributed by atoms with Crippen LogP contribution in [0.5, 0.6) is 0 Å². The second-order valence-corrected chi connectivity index (χ2v) is 3.08. The summed E-state index contributed by atoms with van der Waals surface area (Å²) in [7, 11) is 0. The summed E-state index contributed by atoms with van der Waals surface area (Å²) in [5.74, 6) is 0.525. The first-order chi connectivity index (χ1) is 7.75. The number of hydrogen-bond acceptors (Lipinski definition) is 4. The third kappa shape index (κ3) is 2.32. The lowest BCUT2D eigenvalue weighted by molar-refractivity contribution is 0.262. The van der Waals surface area contributed by atoms with Gasteiger partial charge in [0.1, 0.15) is 5.82 Å². The Hall–Kier alpha value is -2.44. The van der Waals surface area contributed by atoms with Crippen LogP contribution in [-0.2, 0) is 0 Å². The van der Waals surface area contributed by atoms with Gasteiger partial charge < -0.3 is 5.32 Å². The standard InChI is InChI=1S/C9H10N6O/c1-6-7(2-4-10-14-6)12-9(16)13-8-3-5-11-15-8/h2-5H,1H3,(H3,10,11,12,13,15,16). The third-order valence-electron chi connectivity index (χ3n) is 1.90. The number of H-pyrrole nitrogens is 1. The highest BCUT2D eigenvalue weighted by atomic mass is 16.2. The Morgan fingerprint density at radius 3 is 2.88 bits per heavy atom. The molecule has 0 aliphatic rings. The van der Waals surface area contributed by atoms with Crippen molar-refractivity contribution < 1.29 is 4.79 Å². The molecular weight excluding hydrogens is 208 g/mol. The summed E-state index contributed by atoms with van der Waals surface area (Å²) in [6.07, 6.45) is 3.06. The fraction of sp³-hybridized carbons (Fsp3) is 0.111. The lowest BCUT2D eigenvalue weighted by Gasteiger charge is -2.06. The zero-order chi connectivity index (χ0) is 11.4. The molecule has 0 bridgehead atoms. The fourth-order valence-electron chi connectivity index (χ4n) is 1.14. The summed E-state index contributed by atoms with van der Waals surface area (Å²) in [4.78, 5) is 11.5. The molecular formula is C9H10N6O. The van der Waals surface area contributed by atoms with Gasteiger partial charge in [0.15, 0.2) is 0 Å². The first-order valence-corrected chi connectivity index (χ1v) is 4.61. The minimum Gasteiger partial charge on any atom is -0.306 e. The Labute approximate surface area is 91.3 Å². The van der Waals surface area contributed by atoms with Crippen molar-refractivity contribution in [1.29, 1.82) is 0 Å². The summed E-state index contributed by atoms with van der Waals surface area (Å²) in [5.41, 5.74) is 1.27. The Balaban J connectivity index is 2.00. The molecule has 0 aliphatic carbocycles. The van der Waals surface area contributed by atoms with Gasteiger partial charge in [-0.05, 0) is 13.0 Å². The third-order valence-corrected chi connectivity index (χ3v) is 1.90. The Morgan fingerprint density at radius 1 is 1.31 bits per heavy atom. The van der Waals surface area contributed by atoms with Crippen molar-refractivity contribution in [2.45, 2.75) is 6.92 Å². The van der Waals surface area contributed by atoms with E-state index in [-0.39, 0.29) is 6.03 Å². The van der Waals surface area contributed by atoms with Crippen LogP contribution in [0.2, 0.25) is 0 Å². The maximum Gasteiger partial charge on any atom is 0.324 e. The van der Waals surface area contributed by atoms with Gasteiger partial charge in [0.05, 0.1) is 23.8 Å². The molecule has 0 aromatic carbocycles. The topological polar surface area (TPSA) is 95.6 Å². The Kier molecular flexibility index (Phi) is 2.77. The van der Waals surface area contributed by atoms with Crippen LogP contribution in [-0.4, -0.2) is 26.4 Å². The SMILES string of the molecule is Cc1nnccc1NC(=O)Nc1ccn[nH]1. The van der Waals surface area contributed by atoms with E-state index in [2.05, 4.69) is 31.0 Å². The molecule has 0 fully saturated rings. The molecule has 2 heterocycles. The average Bonchev–Trinajstić information content (AvgIpc) is 2.74. The normalized spacial score (nSPS) is 9.81. The van der Waals surface area contributed by atoms with Gasteiger partial charge in [-0.25, -0.2) is 4.79 Å². The number of aryl methyl sites for hydroxylation is 1. The molecule has 7 nitrogen and oxygen atoms in total. The smallest absolute Gasteiger partial charge is 0.306 e. The van der Waals surface area contributed by atoms with Crippen LogP contribution in [0, 0.1) is 6.92 Å². The fourth-order valence-corrected chi connectivity index (χ4v) is 1.14. The second kappa shape index (κ2) is 4.39. The number of aromatic nitrogens is 4. The van der Waals surface area contributed by atoms with E-state index in [1.54, 1.807) is 25.3 Å². The molecule has 7 heteroatoms. The van der Waals surface area contributed by atoms with Gasteiger partial charge in [0.2, 0.25) is 0 Å². The molecule has 0 unspecified atom stereocenters. The molecule has 0 atom stereocenters. The van der Waals surface area contributed by atoms with E-state index in [1.807, 2.05) is 0 Å². The molecule has 0 spiro atoms. The van der Waals surface area contributed by atoms with Gasteiger partial charge in [-0.1, -0.05) is 0 Å². The summed E-state index contributed by atoms with van der Waals surface area (Å²) in [5, 5.41) is 19.1. The lowest BCUT2D eigenvalue weighted by atomic mass is 10.3. The molecule has 82 valence electrons. The largest absolute Gasteiger partial charge is 0.324 e. The summed E-state index contributed by atoms with van der Waals surface area (Å²) in [6, 6.07) is 2.96. The second-order valence-electron chi connectivity index (χ2n) is 3.08. The summed E-state index contributed by atoms with van der Waals surface area (Å²) in [6.45, 7) is 1.76. The first kappa shape index (κ1) is 10.1. The molecule has 0 saturated carbocycles. The van der Waals surface area contributed by atoms with Gasteiger partial charge in [-0.2, -0.15) is 15.3 Å². The zero-order valence-electron chi connectivity index (χ0n) is 8.56. The van der Waals surface area contributed by atoms with Crippen LogP contribution in [0.15, 0.2) is 24.5 Å². The van der Waals surface area contributed by atoms with E-state index in [0.717, 1.165) is 0 Å². The van der Waals surface area contributed by atoms with E-state index >= 15 is 0 Å². The van der Waals surface area contributed by atoms with Crippen molar-refractivity contribution >= 4 is 17.5 Å². The number of nitrogens with zero attached hydrogens (tertiary/aromatic N) is 3. The highest BCUT2D eigenvalue weighted by Gasteiger charge is 2.05. The molecule has 0 saturated heterocycles. The number of urea groups is 1. The van der Waals surface area contributed by atoms with Crippen LogP contribution in [0.4, 0.5) is 16.3 Å². The van der Waals surface area contributed by atoms with Gasteiger partial charge in [-0.3, -0.25) is 10.4 Å². The van der Waals surface area contributed by atoms with Gasteiger partial charge in [0.25, 0.3) is 0 Å². The number of carbonyl (C=O) groups is 1. The van der Waals surface area contributed by atoms with Crippen molar-refractivity contribution in [2.75, 3.05) is 10.6 Å². The van der Waals surface area contributed by atoms with Crippen LogP contribution >= 0.6 is 0 Å². The number of carbonyl (C=O) groups excluding carboxylic acids is 1. The van der Waals surface area contributed by atoms with Crippen molar-refractivity contribution in [3.05, 3.63) is 30.2 Å². The van der Waals surface area contributed by atoms with Gasteiger partial charge >= 0.3 is 6.03 Å². The molecule has 2 rings (SSSR count). The van der Waals surface area contributed by atoms with E-state index < -0.39 is 0 Å². The molecule has 3 N–H and O–H groups in total. The number of rotatable bonds is 2. The molecule has 2 aromatic rings. The summed E-state index contributed by atoms with van der Waals surface area (Å²) < 4.78 is 0. The highest BCUT2D eigenvalue weighted by Crippen LogP contribution is 2.09. The summed E-state index contributed by atoms with van der Waals surface area (Å²) >= 11 is 0. The lowest BCUT2D eigenvalue weighted by Crippen LogP contribution is -2.20. The highest BCUT2D eigenvalue weighted by molar-refractivity contribution is 5.99.